The first kappa shape index (κ1) is 16.9. The van der Waals surface area contributed by atoms with Crippen LogP contribution in [0, 0.1) is 23.2 Å². The van der Waals surface area contributed by atoms with E-state index in [9.17, 15) is 4.79 Å². The summed E-state index contributed by atoms with van der Waals surface area (Å²) >= 11 is 0. The highest BCUT2D eigenvalue weighted by atomic mass is 16.1. The summed E-state index contributed by atoms with van der Waals surface area (Å²) in [5.41, 5.74) is 2.77. The molecule has 0 saturated heterocycles. The molecule has 1 heterocycles. The Balaban J connectivity index is 1.26. The third kappa shape index (κ3) is 3.15. The predicted molar refractivity (Wildman–Crippen MR) is 107 cm³/mol. The Hall–Kier alpha value is -2.23. The molecule has 1 aromatic heterocycles. The Morgan fingerprint density at radius 2 is 1.74 bits per heavy atom. The third-order valence-corrected chi connectivity index (χ3v) is 7.24. The van der Waals surface area contributed by atoms with E-state index in [2.05, 4.69) is 22.2 Å². The fraction of sp³-hybridized carbons (Fsp3) is 0.522. The summed E-state index contributed by atoms with van der Waals surface area (Å²) in [6, 6.07) is 8.02. The van der Waals surface area contributed by atoms with Crippen molar-refractivity contribution in [2.24, 2.45) is 23.2 Å². The molecular formula is C23H27N3O. The number of rotatable bonds is 4. The van der Waals surface area contributed by atoms with E-state index in [0.717, 1.165) is 28.8 Å². The fourth-order valence-electron chi connectivity index (χ4n) is 6.34. The summed E-state index contributed by atoms with van der Waals surface area (Å²) in [5, 5.41) is 3.27. The van der Waals surface area contributed by atoms with Gasteiger partial charge in [0.05, 0.1) is 22.9 Å². The predicted octanol–water partition coefficient (Wildman–Crippen LogP) is 4.36. The standard InChI is InChI=1S/C23H27N3O/c1-15(23-11-16-8-17(12-23)10-18(9-16)13-23)25-22(27)7-6-19-14-24-20-4-2-3-5-21(20)26-19/h2-7,14-18H,8-13H2,1H3,(H,25,27)/b7-6+/t15-,16?,17?,18?,23?/m1/s1. The van der Waals surface area contributed by atoms with Crippen molar-refractivity contribution >= 4 is 23.0 Å². The largest absolute Gasteiger partial charge is 0.350 e. The van der Waals surface area contributed by atoms with Crippen LogP contribution in [0.4, 0.5) is 0 Å². The lowest BCUT2D eigenvalue weighted by molar-refractivity contribution is -0.121. The highest BCUT2D eigenvalue weighted by molar-refractivity contribution is 5.92. The second kappa shape index (κ2) is 6.43. The summed E-state index contributed by atoms with van der Waals surface area (Å²) in [5.74, 6) is 2.69. The van der Waals surface area contributed by atoms with Crippen LogP contribution >= 0.6 is 0 Å². The number of hydrogen-bond donors (Lipinski definition) is 1. The van der Waals surface area contributed by atoms with Crippen molar-refractivity contribution in [1.29, 1.82) is 0 Å². The van der Waals surface area contributed by atoms with Crippen LogP contribution in [-0.4, -0.2) is 21.9 Å². The van der Waals surface area contributed by atoms with E-state index in [0.29, 0.717) is 11.1 Å². The summed E-state index contributed by atoms with van der Waals surface area (Å²) in [7, 11) is 0. The Bertz CT molecular complexity index is 868. The van der Waals surface area contributed by atoms with Gasteiger partial charge < -0.3 is 5.32 Å². The topological polar surface area (TPSA) is 54.9 Å². The molecule has 0 spiro atoms. The molecule has 0 aliphatic heterocycles. The second-order valence-electron chi connectivity index (χ2n) is 9.13. The van der Waals surface area contributed by atoms with Gasteiger partial charge in [0.15, 0.2) is 0 Å². The third-order valence-electron chi connectivity index (χ3n) is 7.24. The summed E-state index contributed by atoms with van der Waals surface area (Å²) < 4.78 is 0. The maximum absolute atomic E-state index is 12.5. The van der Waals surface area contributed by atoms with E-state index in [1.807, 2.05) is 24.3 Å². The van der Waals surface area contributed by atoms with Crippen molar-refractivity contribution in [3.63, 3.8) is 0 Å². The van der Waals surface area contributed by atoms with Crippen LogP contribution in [-0.2, 0) is 4.79 Å². The first-order chi connectivity index (χ1) is 13.1. The number of hydrogen-bond acceptors (Lipinski definition) is 3. The molecular weight excluding hydrogens is 334 g/mol. The molecule has 4 nitrogen and oxygen atoms in total. The van der Waals surface area contributed by atoms with Crippen LogP contribution in [0.15, 0.2) is 36.5 Å². The average Bonchev–Trinajstić information content (AvgIpc) is 2.65. The molecule has 27 heavy (non-hydrogen) atoms. The molecule has 0 radical (unpaired) electrons. The number of carbonyl (C=O) groups is 1. The quantitative estimate of drug-likeness (QED) is 0.823. The zero-order valence-electron chi connectivity index (χ0n) is 15.9. The van der Waals surface area contributed by atoms with E-state index in [4.69, 9.17) is 0 Å². The molecule has 2 aromatic rings. The van der Waals surface area contributed by atoms with Crippen molar-refractivity contribution in [3.8, 4) is 0 Å². The second-order valence-corrected chi connectivity index (χ2v) is 9.13. The molecule has 0 unspecified atom stereocenters. The maximum Gasteiger partial charge on any atom is 0.244 e. The molecule has 4 heteroatoms. The van der Waals surface area contributed by atoms with Crippen LogP contribution in [0.3, 0.4) is 0 Å². The lowest BCUT2D eigenvalue weighted by atomic mass is 9.48. The van der Waals surface area contributed by atoms with E-state index in [-0.39, 0.29) is 11.9 Å². The van der Waals surface area contributed by atoms with E-state index in [1.165, 1.54) is 38.5 Å². The number of para-hydroxylation sites is 2. The Labute approximate surface area is 160 Å². The summed E-state index contributed by atoms with van der Waals surface area (Å²) in [6.45, 7) is 2.22. The van der Waals surface area contributed by atoms with Gasteiger partial charge in [0.1, 0.15) is 0 Å². The van der Waals surface area contributed by atoms with Crippen LogP contribution in [0.25, 0.3) is 17.1 Å². The number of benzene rings is 1. The summed E-state index contributed by atoms with van der Waals surface area (Å²) in [6.07, 6.45) is 13.3. The molecule has 4 saturated carbocycles. The van der Waals surface area contributed by atoms with Gasteiger partial charge in [-0.25, -0.2) is 4.98 Å². The summed E-state index contributed by atoms with van der Waals surface area (Å²) in [4.78, 5) is 21.5. The van der Waals surface area contributed by atoms with Gasteiger partial charge in [-0.1, -0.05) is 12.1 Å². The van der Waals surface area contributed by atoms with Crippen molar-refractivity contribution in [3.05, 3.63) is 42.2 Å². The number of nitrogens with zero attached hydrogens (tertiary/aromatic N) is 2. The minimum absolute atomic E-state index is 0.0202. The van der Waals surface area contributed by atoms with E-state index < -0.39 is 0 Å². The van der Waals surface area contributed by atoms with Gasteiger partial charge in [0.25, 0.3) is 0 Å². The lowest BCUT2D eigenvalue weighted by Crippen LogP contribution is -2.55. The fourth-order valence-corrected chi connectivity index (χ4v) is 6.34. The van der Waals surface area contributed by atoms with Crippen LogP contribution in [0.2, 0.25) is 0 Å². The Morgan fingerprint density at radius 1 is 1.11 bits per heavy atom. The average molecular weight is 361 g/mol. The highest BCUT2D eigenvalue weighted by Gasteiger charge is 2.53. The molecule has 4 fully saturated rings. The molecule has 140 valence electrons. The van der Waals surface area contributed by atoms with E-state index in [1.54, 1.807) is 18.3 Å². The number of aromatic nitrogens is 2. The van der Waals surface area contributed by atoms with Crippen molar-refractivity contribution < 1.29 is 4.79 Å². The number of nitrogens with one attached hydrogen (secondary N) is 1. The van der Waals surface area contributed by atoms with Gasteiger partial charge in [-0.15, -0.1) is 0 Å². The van der Waals surface area contributed by atoms with Crippen molar-refractivity contribution in [2.45, 2.75) is 51.5 Å². The van der Waals surface area contributed by atoms with Gasteiger partial charge in [-0.05, 0) is 86.8 Å². The number of amides is 1. The van der Waals surface area contributed by atoms with Crippen molar-refractivity contribution in [1.82, 2.24) is 15.3 Å². The van der Waals surface area contributed by atoms with Gasteiger partial charge in [-0.2, -0.15) is 0 Å². The monoisotopic (exact) mass is 361 g/mol. The normalized spacial score (nSPS) is 32.9. The Kier molecular flexibility index (Phi) is 4.03. The Morgan fingerprint density at radius 3 is 2.41 bits per heavy atom. The molecule has 1 amide bonds. The molecule has 1 N–H and O–H groups in total. The minimum atomic E-state index is -0.0202. The molecule has 6 rings (SSSR count). The lowest BCUT2D eigenvalue weighted by Gasteiger charge is -2.59. The molecule has 4 aliphatic carbocycles. The molecule has 4 bridgehead atoms. The van der Waals surface area contributed by atoms with Gasteiger partial charge in [-0.3, -0.25) is 9.78 Å². The smallest absolute Gasteiger partial charge is 0.244 e. The molecule has 1 atom stereocenters. The number of fused-ring (bicyclic) bond motifs is 1. The number of carbonyl (C=O) groups excluding carboxylic acids is 1. The van der Waals surface area contributed by atoms with Crippen LogP contribution < -0.4 is 5.32 Å². The van der Waals surface area contributed by atoms with E-state index >= 15 is 0 Å². The molecule has 4 aliphatic rings. The van der Waals surface area contributed by atoms with Gasteiger partial charge in [0, 0.05) is 12.1 Å². The van der Waals surface area contributed by atoms with Crippen LogP contribution in [0.5, 0.6) is 0 Å². The van der Waals surface area contributed by atoms with Gasteiger partial charge in [0.2, 0.25) is 5.91 Å². The SMILES string of the molecule is C[C@@H](NC(=O)/C=C/c1cnc2ccccc2n1)C12CC3CC(CC(C3)C1)C2. The maximum atomic E-state index is 12.5. The van der Waals surface area contributed by atoms with Crippen molar-refractivity contribution in [2.75, 3.05) is 0 Å². The zero-order valence-corrected chi connectivity index (χ0v) is 15.9. The van der Waals surface area contributed by atoms with Crippen LogP contribution in [0.1, 0.15) is 51.1 Å². The minimum Gasteiger partial charge on any atom is -0.350 e. The molecule has 1 aromatic carbocycles. The zero-order chi connectivity index (χ0) is 18.4. The first-order valence-electron chi connectivity index (χ1n) is 10.3. The highest BCUT2D eigenvalue weighted by Crippen LogP contribution is 2.61. The first-order valence-corrected chi connectivity index (χ1v) is 10.3. The van der Waals surface area contributed by atoms with Gasteiger partial charge >= 0.3 is 0 Å².